The second kappa shape index (κ2) is 7.82. The average Bonchev–Trinajstić information content (AvgIpc) is 3.12. The molecular weight excluding hydrogens is 374 g/mol. The van der Waals surface area contributed by atoms with Gasteiger partial charge in [0.15, 0.2) is 5.43 Å². The Balaban J connectivity index is 1.53. The lowest BCUT2D eigenvalue weighted by Gasteiger charge is -2.24. The molecule has 1 saturated carbocycles. The summed E-state index contributed by atoms with van der Waals surface area (Å²) >= 11 is 0. The Kier molecular flexibility index (Phi) is 4.87. The van der Waals surface area contributed by atoms with Crippen LogP contribution in [-0.2, 0) is 0 Å². The fraction of sp³-hybridized carbons (Fsp3) is 0.280. The summed E-state index contributed by atoms with van der Waals surface area (Å²) in [6.45, 7) is 1.79. The van der Waals surface area contributed by atoms with Crippen molar-refractivity contribution in [2.45, 2.75) is 45.1 Å². The van der Waals surface area contributed by atoms with Gasteiger partial charge < -0.3 is 9.73 Å². The minimum Gasteiger partial charge on any atom is -0.461 e. The summed E-state index contributed by atoms with van der Waals surface area (Å²) in [5.74, 6) is 2.25. The predicted octanol–water partition coefficient (Wildman–Crippen LogP) is 5.67. The van der Waals surface area contributed by atoms with E-state index in [1.54, 1.807) is 6.92 Å². The van der Waals surface area contributed by atoms with E-state index in [1.807, 2.05) is 42.5 Å². The van der Waals surface area contributed by atoms with Crippen LogP contribution in [0.25, 0.3) is 28.2 Å². The molecule has 0 saturated heterocycles. The molecule has 0 spiro atoms. The van der Waals surface area contributed by atoms with Crippen molar-refractivity contribution >= 4 is 11.5 Å². The van der Waals surface area contributed by atoms with Crippen molar-refractivity contribution < 1.29 is 4.42 Å². The molecule has 152 valence electrons. The Morgan fingerprint density at radius 1 is 1.00 bits per heavy atom. The predicted molar refractivity (Wildman–Crippen MR) is 120 cm³/mol. The van der Waals surface area contributed by atoms with Crippen LogP contribution in [-0.4, -0.2) is 15.4 Å². The van der Waals surface area contributed by atoms with Gasteiger partial charge in [0.25, 0.3) is 0 Å². The number of aryl methyl sites for hydroxylation is 1. The summed E-state index contributed by atoms with van der Waals surface area (Å²) in [7, 11) is 0. The number of pyridine rings is 1. The van der Waals surface area contributed by atoms with Crippen molar-refractivity contribution in [3.63, 3.8) is 0 Å². The SMILES string of the molecule is Cc1cc(=O)cc(-c2ccc(-c3nc4ccccn4c3NC3CCCCC3)cc2)o1. The summed E-state index contributed by atoms with van der Waals surface area (Å²) < 4.78 is 7.87. The molecule has 0 aliphatic heterocycles. The third-order valence-electron chi connectivity index (χ3n) is 5.81. The number of aromatic nitrogens is 2. The van der Waals surface area contributed by atoms with Gasteiger partial charge in [0.1, 0.15) is 28.7 Å². The fourth-order valence-corrected chi connectivity index (χ4v) is 4.31. The highest BCUT2D eigenvalue weighted by Crippen LogP contribution is 2.32. The number of imidazole rings is 1. The summed E-state index contributed by atoms with van der Waals surface area (Å²) in [6, 6.07) is 17.7. The number of nitrogens with zero attached hydrogens (tertiary/aromatic N) is 2. The van der Waals surface area contributed by atoms with Crippen molar-refractivity contribution in [2.75, 3.05) is 5.32 Å². The van der Waals surface area contributed by atoms with Crippen LogP contribution in [0.2, 0.25) is 0 Å². The Bertz CT molecular complexity index is 1230. The fourth-order valence-electron chi connectivity index (χ4n) is 4.31. The van der Waals surface area contributed by atoms with Gasteiger partial charge in [-0.15, -0.1) is 0 Å². The molecule has 3 heterocycles. The van der Waals surface area contributed by atoms with E-state index >= 15 is 0 Å². The van der Waals surface area contributed by atoms with E-state index in [9.17, 15) is 4.79 Å². The van der Waals surface area contributed by atoms with Crippen molar-refractivity contribution in [1.82, 2.24) is 9.38 Å². The third-order valence-corrected chi connectivity index (χ3v) is 5.81. The van der Waals surface area contributed by atoms with Gasteiger partial charge in [-0.1, -0.05) is 49.6 Å². The van der Waals surface area contributed by atoms with Gasteiger partial charge in [0.2, 0.25) is 0 Å². The van der Waals surface area contributed by atoms with E-state index in [0.29, 0.717) is 17.6 Å². The number of rotatable bonds is 4. The molecule has 0 unspecified atom stereocenters. The van der Waals surface area contributed by atoms with Crippen LogP contribution in [0.3, 0.4) is 0 Å². The molecule has 1 aliphatic rings. The molecule has 1 aromatic carbocycles. The number of hydrogen-bond donors (Lipinski definition) is 1. The molecule has 0 bridgehead atoms. The van der Waals surface area contributed by atoms with Crippen molar-refractivity contribution in [3.8, 4) is 22.6 Å². The first-order chi connectivity index (χ1) is 14.7. The molecule has 1 aliphatic carbocycles. The summed E-state index contributed by atoms with van der Waals surface area (Å²) in [4.78, 5) is 16.7. The smallest absolute Gasteiger partial charge is 0.185 e. The zero-order valence-electron chi connectivity index (χ0n) is 17.1. The third kappa shape index (κ3) is 3.63. The molecule has 5 heteroatoms. The number of fused-ring (bicyclic) bond motifs is 1. The summed E-state index contributed by atoms with van der Waals surface area (Å²) in [6.07, 6.45) is 8.34. The number of nitrogens with one attached hydrogen (secondary N) is 1. The Morgan fingerprint density at radius 2 is 1.77 bits per heavy atom. The largest absolute Gasteiger partial charge is 0.461 e. The van der Waals surface area contributed by atoms with Crippen molar-refractivity contribution in [1.29, 1.82) is 0 Å². The monoisotopic (exact) mass is 399 g/mol. The van der Waals surface area contributed by atoms with Gasteiger partial charge in [0, 0.05) is 35.5 Å². The highest BCUT2D eigenvalue weighted by Gasteiger charge is 2.19. The van der Waals surface area contributed by atoms with E-state index in [1.165, 1.54) is 44.2 Å². The second-order valence-corrected chi connectivity index (χ2v) is 8.06. The Labute approximate surface area is 175 Å². The maximum atomic E-state index is 11.8. The van der Waals surface area contributed by atoms with Gasteiger partial charge in [-0.25, -0.2) is 4.98 Å². The molecular formula is C25H25N3O2. The first-order valence-corrected chi connectivity index (χ1v) is 10.6. The van der Waals surface area contributed by atoms with Crippen LogP contribution >= 0.6 is 0 Å². The number of anilines is 1. The standard InChI is InChI=1S/C25H25N3O2/c1-17-15-21(29)16-22(30-17)18-10-12-19(13-11-18)24-25(26-20-7-3-2-4-8-20)28-14-6-5-9-23(28)27-24/h5-6,9-16,20,26H,2-4,7-8H2,1H3. The lowest BCUT2D eigenvalue weighted by Crippen LogP contribution is -2.23. The van der Waals surface area contributed by atoms with Crippen LogP contribution in [0.5, 0.6) is 0 Å². The van der Waals surface area contributed by atoms with Crippen LogP contribution in [0.15, 0.2) is 70.0 Å². The first kappa shape index (κ1) is 18.7. The molecule has 5 nitrogen and oxygen atoms in total. The van der Waals surface area contributed by atoms with E-state index in [2.05, 4.69) is 15.9 Å². The van der Waals surface area contributed by atoms with E-state index in [4.69, 9.17) is 9.40 Å². The van der Waals surface area contributed by atoms with Crippen molar-refractivity contribution in [2.24, 2.45) is 0 Å². The number of hydrogen-bond acceptors (Lipinski definition) is 4. The molecule has 1 fully saturated rings. The highest BCUT2D eigenvalue weighted by molar-refractivity contribution is 5.78. The zero-order valence-corrected chi connectivity index (χ0v) is 17.1. The first-order valence-electron chi connectivity index (χ1n) is 10.6. The van der Waals surface area contributed by atoms with E-state index in [-0.39, 0.29) is 5.43 Å². The summed E-state index contributed by atoms with van der Waals surface area (Å²) in [5, 5.41) is 3.77. The van der Waals surface area contributed by atoms with Crippen LogP contribution in [0.4, 0.5) is 5.82 Å². The Morgan fingerprint density at radius 3 is 2.53 bits per heavy atom. The van der Waals surface area contributed by atoms with Gasteiger partial charge in [-0.3, -0.25) is 9.20 Å². The normalized spacial score (nSPS) is 14.8. The lowest BCUT2D eigenvalue weighted by atomic mass is 9.95. The maximum Gasteiger partial charge on any atom is 0.185 e. The molecule has 0 amide bonds. The topological polar surface area (TPSA) is 59.5 Å². The quantitative estimate of drug-likeness (QED) is 0.480. The second-order valence-electron chi connectivity index (χ2n) is 8.06. The lowest BCUT2D eigenvalue weighted by molar-refractivity contribution is 0.462. The van der Waals surface area contributed by atoms with E-state index < -0.39 is 0 Å². The van der Waals surface area contributed by atoms with Crippen LogP contribution in [0.1, 0.15) is 37.9 Å². The van der Waals surface area contributed by atoms with Gasteiger partial charge in [-0.2, -0.15) is 0 Å². The highest BCUT2D eigenvalue weighted by atomic mass is 16.3. The van der Waals surface area contributed by atoms with Crippen LogP contribution in [0, 0.1) is 6.92 Å². The maximum absolute atomic E-state index is 11.8. The molecule has 30 heavy (non-hydrogen) atoms. The minimum atomic E-state index is -0.0443. The Hall–Kier alpha value is -3.34. The average molecular weight is 399 g/mol. The molecule has 3 aromatic heterocycles. The van der Waals surface area contributed by atoms with Crippen LogP contribution < -0.4 is 10.7 Å². The van der Waals surface area contributed by atoms with Gasteiger partial charge >= 0.3 is 0 Å². The molecule has 1 N–H and O–H groups in total. The van der Waals surface area contributed by atoms with Crippen molar-refractivity contribution in [3.05, 3.63) is 76.8 Å². The van der Waals surface area contributed by atoms with Gasteiger partial charge in [0.05, 0.1) is 0 Å². The minimum absolute atomic E-state index is 0.0443. The van der Waals surface area contributed by atoms with E-state index in [0.717, 1.165) is 28.3 Å². The number of benzene rings is 1. The molecule has 4 aromatic rings. The molecule has 0 radical (unpaired) electrons. The summed E-state index contributed by atoms with van der Waals surface area (Å²) in [5.41, 5.74) is 3.75. The zero-order chi connectivity index (χ0) is 20.5. The van der Waals surface area contributed by atoms with Gasteiger partial charge in [-0.05, 0) is 31.9 Å². The molecule has 0 atom stereocenters. The molecule has 5 rings (SSSR count).